The molecule has 92 valence electrons. The second-order valence-electron chi connectivity index (χ2n) is 4.59. The van der Waals surface area contributed by atoms with Crippen LogP contribution in [0.5, 0.6) is 0 Å². The summed E-state index contributed by atoms with van der Waals surface area (Å²) >= 11 is 0. The highest BCUT2D eigenvalue weighted by Gasteiger charge is 2.19. The summed E-state index contributed by atoms with van der Waals surface area (Å²) < 4.78 is 5.69. The van der Waals surface area contributed by atoms with Crippen LogP contribution < -0.4 is 5.32 Å². The first-order valence-corrected chi connectivity index (χ1v) is 6.35. The number of hydrogen-bond donors (Lipinski definition) is 1. The minimum Gasteiger partial charge on any atom is -0.466 e. The zero-order chi connectivity index (χ0) is 12.1. The van der Waals surface area contributed by atoms with Crippen molar-refractivity contribution in [3.8, 4) is 0 Å². The molecule has 0 saturated heterocycles. The highest BCUT2D eigenvalue weighted by Crippen LogP contribution is 2.29. The molecule has 1 heterocycles. The van der Waals surface area contributed by atoms with Crippen molar-refractivity contribution in [2.75, 3.05) is 7.05 Å². The summed E-state index contributed by atoms with van der Waals surface area (Å²) in [4.78, 5) is 0. The number of furan rings is 1. The van der Waals surface area contributed by atoms with E-state index in [0.717, 1.165) is 11.5 Å². The molecule has 0 aromatic carbocycles. The number of rotatable bonds is 6. The fourth-order valence-electron chi connectivity index (χ4n) is 2.35. The van der Waals surface area contributed by atoms with Crippen molar-refractivity contribution in [2.45, 2.75) is 59.4 Å². The third kappa shape index (κ3) is 2.88. The maximum Gasteiger partial charge on any atom is 0.106 e. The average molecular weight is 223 g/mol. The van der Waals surface area contributed by atoms with Crippen LogP contribution in [0.15, 0.2) is 4.42 Å². The SMILES string of the molecule is CCCCCC(NC)c1c(C)oc(C)c1C. The van der Waals surface area contributed by atoms with Crippen LogP contribution in [-0.2, 0) is 0 Å². The van der Waals surface area contributed by atoms with Gasteiger partial charge in [-0.05, 0) is 39.8 Å². The van der Waals surface area contributed by atoms with Gasteiger partial charge in [0.05, 0.1) is 0 Å². The van der Waals surface area contributed by atoms with E-state index in [1.54, 1.807) is 0 Å². The molecule has 0 aliphatic heterocycles. The van der Waals surface area contributed by atoms with Gasteiger partial charge in [-0.15, -0.1) is 0 Å². The molecule has 0 fully saturated rings. The summed E-state index contributed by atoms with van der Waals surface area (Å²) in [5.41, 5.74) is 2.68. The topological polar surface area (TPSA) is 25.2 Å². The lowest BCUT2D eigenvalue weighted by Crippen LogP contribution is -2.17. The Kier molecular flexibility index (Phi) is 5.07. The minimum atomic E-state index is 0.448. The van der Waals surface area contributed by atoms with E-state index >= 15 is 0 Å². The predicted molar refractivity (Wildman–Crippen MR) is 68.9 cm³/mol. The standard InChI is InChI=1S/C14H25NO/c1-6-7-8-9-13(15-5)14-10(2)11(3)16-12(14)4/h13,15H,6-9H2,1-5H3. The number of hydrogen-bond acceptors (Lipinski definition) is 2. The van der Waals surface area contributed by atoms with E-state index in [1.807, 2.05) is 14.0 Å². The van der Waals surface area contributed by atoms with Crippen molar-refractivity contribution >= 4 is 0 Å². The van der Waals surface area contributed by atoms with E-state index < -0.39 is 0 Å². The Labute approximate surface area is 99.4 Å². The van der Waals surface area contributed by atoms with Gasteiger partial charge in [-0.1, -0.05) is 26.2 Å². The molecular weight excluding hydrogens is 198 g/mol. The smallest absolute Gasteiger partial charge is 0.106 e. The van der Waals surface area contributed by atoms with Crippen LogP contribution >= 0.6 is 0 Å². The van der Waals surface area contributed by atoms with Crippen LogP contribution in [0.25, 0.3) is 0 Å². The Balaban J connectivity index is 2.78. The van der Waals surface area contributed by atoms with E-state index in [2.05, 4.69) is 26.1 Å². The third-order valence-corrected chi connectivity index (χ3v) is 3.41. The van der Waals surface area contributed by atoms with Gasteiger partial charge >= 0.3 is 0 Å². The van der Waals surface area contributed by atoms with Gasteiger partial charge in [-0.2, -0.15) is 0 Å². The molecule has 0 radical (unpaired) electrons. The molecule has 2 nitrogen and oxygen atoms in total. The molecule has 1 atom stereocenters. The lowest BCUT2D eigenvalue weighted by atomic mass is 9.97. The Morgan fingerprint density at radius 2 is 1.81 bits per heavy atom. The zero-order valence-corrected chi connectivity index (χ0v) is 11.3. The molecule has 16 heavy (non-hydrogen) atoms. The molecule has 0 spiro atoms. The Morgan fingerprint density at radius 1 is 1.12 bits per heavy atom. The molecule has 1 rings (SSSR count). The first-order valence-electron chi connectivity index (χ1n) is 6.35. The van der Waals surface area contributed by atoms with E-state index in [-0.39, 0.29) is 0 Å². The van der Waals surface area contributed by atoms with Gasteiger partial charge < -0.3 is 9.73 Å². The molecule has 1 unspecified atom stereocenters. The van der Waals surface area contributed by atoms with E-state index in [9.17, 15) is 0 Å². The van der Waals surface area contributed by atoms with Crippen LogP contribution in [0.1, 0.15) is 61.3 Å². The molecule has 1 N–H and O–H groups in total. The highest BCUT2D eigenvalue weighted by molar-refractivity contribution is 5.34. The van der Waals surface area contributed by atoms with Gasteiger partial charge in [0.1, 0.15) is 11.5 Å². The maximum absolute atomic E-state index is 5.69. The average Bonchev–Trinajstić information content (AvgIpc) is 2.50. The maximum atomic E-state index is 5.69. The number of nitrogens with one attached hydrogen (secondary N) is 1. The van der Waals surface area contributed by atoms with E-state index in [0.29, 0.717) is 6.04 Å². The van der Waals surface area contributed by atoms with E-state index in [1.165, 1.54) is 36.8 Å². The zero-order valence-electron chi connectivity index (χ0n) is 11.3. The van der Waals surface area contributed by atoms with Crippen LogP contribution in [-0.4, -0.2) is 7.05 Å². The summed E-state index contributed by atoms with van der Waals surface area (Å²) in [5, 5.41) is 3.41. The quantitative estimate of drug-likeness (QED) is 0.736. The molecule has 1 aromatic rings. The second-order valence-corrected chi connectivity index (χ2v) is 4.59. The van der Waals surface area contributed by atoms with Crippen molar-refractivity contribution in [3.63, 3.8) is 0 Å². The molecule has 0 bridgehead atoms. The first-order chi connectivity index (χ1) is 7.61. The van der Waals surface area contributed by atoms with Gasteiger partial charge in [0.2, 0.25) is 0 Å². The summed E-state index contributed by atoms with van der Waals surface area (Å²) in [6.07, 6.45) is 5.07. The van der Waals surface area contributed by atoms with Gasteiger partial charge in [-0.3, -0.25) is 0 Å². The predicted octanol–water partition coefficient (Wildman–Crippen LogP) is 4.05. The Bertz CT molecular complexity index is 328. The Morgan fingerprint density at radius 3 is 2.25 bits per heavy atom. The normalized spacial score (nSPS) is 13.1. The lowest BCUT2D eigenvalue weighted by Gasteiger charge is -2.16. The molecule has 0 aliphatic rings. The summed E-state index contributed by atoms with van der Waals surface area (Å²) in [6.45, 7) is 8.52. The van der Waals surface area contributed by atoms with Crippen LogP contribution in [0.3, 0.4) is 0 Å². The molecule has 0 saturated carbocycles. The first kappa shape index (κ1) is 13.3. The molecule has 2 heteroatoms. The molecule has 0 amide bonds. The van der Waals surface area contributed by atoms with Crippen molar-refractivity contribution in [1.82, 2.24) is 5.32 Å². The van der Waals surface area contributed by atoms with Crippen LogP contribution in [0.4, 0.5) is 0 Å². The second kappa shape index (κ2) is 6.09. The summed E-state index contributed by atoms with van der Waals surface area (Å²) in [5.74, 6) is 2.13. The van der Waals surface area contributed by atoms with Crippen molar-refractivity contribution < 1.29 is 4.42 Å². The summed E-state index contributed by atoms with van der Waals surface area (Å²) in [6, 6.07) is 0.448. The minimum absolute atomic E-state index is 0.448. The van der Waals surface area contributed by atoms with Gasteiger partial charge in [-0.25, -0.2) is 0 Å². The lowest BCUT2D eigenvalue weighted by molar-refractivity contribution is 0.474. The number of aryl methyl sites for hydroxylation is 2. The van der Waals surface area contributed by atoms with Gasteiger partial charge in [0, 0.05) is 11.6 Å². The summed E-state index contributed by atoms with van der Waals surface area (Å²) in [7, 11) is 2.04. The number of unbranched alkanes of at least 4 members (excludes halogenated alkanes) is 2. The molecule has 1 aromatic heterocycles. The van der Waals surface area contributed by atoms with Crippen LogP contribution in [0.2, 0.25) is 0 Å². The van der Waals surface area contributed by atoms with Crippen molar-refractivity contribution in [2.24, 2.45) is 0 Å². The van der Waals surface area contributed by atoms with Crippen molar-refractivity contribution in [1.29, 1.82) is 0 Å². The Hall–Kier alpha value is -0.760. The fraction of sp³-hybridized carbons (Fsp3) is 0.714. The van der Waals surface area contributed by atoms with Crippen LogP contribution in [0, 0.1) is 20.8 Å². The molecular formula is C14H25NO. The van der Waals surface area contributed by atoms with E-state index in [4.69, 9.17) is 4.42 Å². The monoisotopic (exact) mass is 223 g/mol. The fourth-order valence-corrected chi connectivity index (χ4v) is 2.35. The van der Waals surface area contributed by atoms with Gasteiger partial charge in [0.25, 0.3) is 0 Å². The van der Waals surface area contributed by atoms with Gasteiger partial charge in [0.15, 0.2) is 0 Å². The largest absolute Gasteiger partial charge is 0.466 e. The molecule has 0 aliphatic carbocycles. The highest BCUT2D eigenvalue weighted by atomic mass is 16.3. The third-order valence-electron chi connectivity index (χ3n) is 3.41. The van der Waals surface area contributed by atoms with Crippen molar-refractivity contribution in [3.05, 3.63) is 22.6 Å².